The third kappa shape index (κ3) is 14.9. The quantitative estimate of drug-likeness (QED) is 0.217. The minimum Gasteiger partial charge on any atom is -0.378 e. The Hall–Kier alpha value is -0.0400. The predicted octanol–water partition coefficient (Wildman–Crippen LogP) is 5.19. The number of thiol groups is 2. The number of hydrogen-bond acceptors (Lipinski definition) is 6. The molecule has 0 N–H and O–H groups in total. The highest BCUT2D eigenvalue weighted by Gasteiger charge is 2.18. The maximum absolute atomic E-state index is 11.8. The van der Waals surface area contributed by atoms with Crippen LogP contribution in [-0.2, 0) is 19.1 Å². The van der Waals surface area contributed by atoms with Crippen LogP contribution < -0.4 is 0 Å². The molecule has 166 valence electrons. The van der Waals surface area contributed by atoms with Crippen LogP contribution in [0.1, 0.15) is 79.1 Å². The van der Waals surface area contributed by atoms with Crippen molar-refractivity contribution in [2.24, 2.45) is 11.8 Å². The summed E-state index contributed by atoms with van der Waals surface area (Å²) < 4.78 is 11.3. The maximum atomic E-state index is 11.8. The monoisotopic (exact) mass is 434 g/mol. The van der Waals surface area contributed by atoms with Gasteiger partial charge >= 0.3 is 0 Å². The molecule has 0 fully saturated rings. The van der Waals surface area contributed by atoms with Gasteiger partial charge in [-0.3, -0.25) is 9.59 Å². The molecule has 4 nitrogen and oxygen atoms in total. The minimum atomic E-state index is 0.0531. The molecule has 0 heterocycles. The van der Waals surface area contributed by atoms with Crippen LogP contribution >= 0.6 is 25.3 Å². The van der Waals surface area contributed by atoms with E-state index in [2.05, 4.69) is 53.0 Å². The van der Waals surface area contributed by atoms with Gasteiger partial charge in [-0.1, -0.05) is 40.5 Å². The van der Waals surface area contributed by atoms with Gasteiger partial charge in [0.15, 0.2) is 0 Å². The fraction of sp³-hybridized carbons (Fsp3) is 0.909. The summed E-state index contributed by atoms with van der Waals surface area (Å²) in [7, 11) is 0. The number of ether oxygens (including phenoxy) is 2. The smallest absolute Gasteiger partial charge is 0.133 e. The topological polar surface area (TPSA) is 52.6 Å². The molecule has 0 aromatic carbocycles. The summed E-state index contributed by atoms with van der Waals surface area (Å²) in [5.74, 6) is 1.06. The van der Waals surface area contributed by atoms with Crippen LogP contribution in [0.4, 0.5) is 0 Å². The van der Waals surface area contributed by atoms with Crippen LogP contribution in [0.5, 0.6) is 0 Å². The van der Waals surface area contributed by atoms with Crippen molar-refractivity contribution in [1.29, 1.82) is 0 Å². The molecule has 0 aliphatic rings. The molecule has 0 saturated heterocycles. The Kier molecular flexibility index (Phi) is 17.8. The van der Waals surface area contributed by atoms with Crippen molar-refractivity contribution >= 4 is 36.8 Å². The van der Waals surface area contributed by atoms with Gasteiger partial charge in [-0.2, -0.15) is 25.3 Å². The predicted molar refractivity (Wildman–Crippen MR) is 124 cm³/mol. The van der Waals surface area contributed by atoms with Crippen molar-refractivity contribution in [3.8, 4) is 0 Å². The van der Waals surface area contributed by atoms with Gasteiger partial charge in [-0.25, -0.2) is 0 Å². The third-order valence-corrected chi connectivity index (χ3v) is 6.30. The van der Waals surface area contributed by atoms with Crippen LogP contribution in [0, 0.1) is 11.8 Å². The van der Waals surface area contributed by atoms with Crippen molar-refractivity contribution in [3.05, 3.63) is 0 Å². The Labute approximate surface area is 183 Å². The molecule has 4 unspecified atom stereocenters. The summed E-state index contributed by atoms with van der Waals surface area (Å²) in [4.78, 5) is 23.7. The molecular formula is C22H42O4S2. The average molecular weight is 435 g/mol. The molecular weight excluding hydrogens is 392 g/mol. The molecule has 0 aliphatic heterocycles. The first-order chi connectivity index (χ1) is 13.3. The second kappa shape index (κ2) is 17.8. The van der Waals surface area contributed by atoms with Crippen molar-refractivity contribution in [2.75, 3.05) is 26.4 Å². The highest BCUT2D eigenvalue weighted by molar-refractivity contribution is 7.81. The summed E-state index contributed by atoms with van der Waals surface area (Å²) in [6, 6.07) is 0. The summed E-state index contributed by atoms with van der Waals surface area (Å²) in [6.07, 6.45) is 6.52. The van der Waals surface area contributed by atoms with E-state index in [9.17, 15) is 9.59 Å². The summed E-state index contributed by atoms with van der Waals surface area (Å²) in [5, 5.41) is 0.106. The van der Waals surface area contributed by atoms with Crippen molar-refractivity contribution in [1.82, 2.24) is 0 Å². The summed E-state index contributed by atoms with van der Waals surface area (Å²) >= 11 is 9.14. The van der Waals surface area contributed by atoms with Crippen LogP contribution in [-0.4, -0.2) is 48.5 Å². The van der Waals surface area contributed by atoms with Gasteiger partial charge in [-0.15, -0.1) is 0 Å². The van der Waals surface area contributed by atoms with Gasteiger partial charge in [0, 0.05) is 36.2 Å². The molecule has 0 aromatic rings. The molecule has 4 atom stereocenters. The van der Waals surface area contributed by atoms with Gasteiger partial charge < -0.3 is 9.47 Å². The SMILES string of the molecule is CCCCC(=O)CC(C)C(S)COCCOCC(S)C(C)CC(=O)CCCC. The van der Waals surface area contributed by atoms with Crippen molar-refractivity contribution in [2.45, 2.75) is 89.6 Å². The number of unbranched alkanes of at least 4 members (excludes halogenated alkanes) is 2. The Morgan fingerprint density at radius 2 is 1.11 bits per heavy atom. The first-order valence-electron chi connectivity index (χ1n) is 10.9. The zero-order valence-electron chi connectivity index (χ0n) is 18.3. The van der Waals surface area contributed by atoms with Crippen LogP contribution in [0.2, 0.25) is 0 Å². The lowest BCUT2D eigenvalue weighted by atomic mass is 9.98. The molecule has 0 amide bonds. The number of carbonyl (C=O) groups is 2. The number of Topliss-reactive ketones (excluding diaryl/α,β-unsaturated/α-hetero) is 2. The van der Waals surface area contributed by atoms with Gasteiger partial charge in [0.1, 0.15) is 11.6 Å². The first kappa shape index (κ1) is 28.0. The normalized spacial score (nSPS) is 15.8. The number of hydrogen-bond donors (Lipinski definition) is 2. The lowest BCUT2D eigenvalue weighted by molar-refractivity contribution is -0.120. The van der Waals surface area contributed by atoms with E-state index in [1.165, 1.54) is 0 Å². The van der Waals surface area contributed by atoms with E-state index >= 15 is 0 Å². The molecule has 0 aromatic heterocycles. The molecule has 0 aliphatic carbocycles. The minimum absolute atomic E-state index is 0.0531. The highest BCUT2D eigenvalue weighted by atomic mass is 32.1. The van der Waals surface area contributed by atoms with Crippen molar-refractivity contribution < 1.29 is 19.1 Å². The Bertz CT molecular complexity index is 379. The fourth-order valence-electron chi connectivity index (χ4n) is 2.80. The van der Waals surface area contributed by atoms with E-state index in [0.717, 1.165) is 25.7 Å². The first-order valence-corrected chi connectivity index (χ1v) is 11.9. The van der Waals surface area contributed by atoms with Crippen molar-refractivity contribution in [3.63, 3.8) is 0 Å². The average Bonchev–Trinajstić information content (AvgIpc) is 2.66. The van der Waals surface area contributed by atoms with Gasteiger partial charge in [0.2, 0.25) is 0 Å². The fourth-order valence-corrected chi connectivity index (χ4v) is 3.22. The standard InChI is InChI=1S/C22H42O4S2/c1-5-7-9-19(23)13-17(3)21(27)15-25-11-12-26-16-22(28)18(4)14-20(24)10-8-6-2/h17-18,21-22,27-28H,5-16H2,1-4H3. The number of ketones is 2. The van der Waals surface area contributed by atoms with E-state index in [1.54, 1.807) is 0 Å². The van der Waals surface area contributed by atoms with E-state index in [-0.39, 0.29) is 22.3 Å². The van der Waals surface area contributed by atoms with Crippen LogP contribution in [0.25, 0.3) is 0 Å². The molecule has 0 bridgehead atoms. The van der Waals surface area contributed by atoms with E-state index in [4.69, 9.17) is 9.47 Å². The second-order valence-electron chi connectivity index (χ2n) is 7.93. The van der Waals surface area contributed by atoms with E-state index < -0.39 is 0 Å². The molecule has 0 rings (SSSR count). The van der Waals surface area contributed by atoms with Gasteiger partial charge in [0.05, 0.1) is 26.4 Å². The lowest BCUT2D eigenvalue weighted by Gasteiger charge is -2.20. The third-order valence-electron chi connectivity index (χ3n) is 4.98. The summed E-state index contributed by atoms with van der Waals surface area (Å²) in [6.45, 7) is 10.3. The maximum Gasteiger partial charge on any atom is 0.133 e. The largest absolute Gasteiger partial charge is 0.378 e. The van der Waals surface area contributed by atoms with E-state index in [1.807, 2.05) is 0 Å². The van der Waals surface area contributed by atoms with Crippen LogP contribution in [0.3, 0.4) is 0 Å². The highest BCUT2D eigenvalue weighted by Crippen LogP contribution is 2.18. The van der Waals surface area contributed by atoms with Gasteiger partial charge in [-0.05, 0) is 24.7 Å². The molecule has 0 spiro atoms. The number of rotatable bonds is 19. The molecule has 6 heteroatoms. The second-order valence-corrected chi connectivity index (χ2v) is 9.26. The number of carbonyl (C=O) groups excluding carboxylic acids is 2. The van der Waals surface area contributed by atoms with Gasteiger partial charge in [0.25, 0.3) is 0 Å². The summed E-state index contributed by atoms with van der Waals surface area (Å²) in [5.41, 5.74) is 0. The zero-order valence-corrected chi connectivity index (χ0v) is 20.1. The van der Waals surface area contributed by atoms with Crippen LogP contribution in [0.15, 0.2) is 0 Å². The Morgan fingerprint density at radius 1 is 0.750 bits per heavy atom. The Morgan fingerprint density at radius 3 is 1.43 bits per heavy atom. The zero-order chi connectivity index (χ0) is 21.4. The molecule has 0 saturated carbocycles. The molecule has 28 heavy (non-hydrogen) atoms. The van der Waals surface area contributed by atoms with E-state index in [0.29, 0.717) is 63.7 Å². The Balaban J connectivity index is 3.78. The molecule has 0 radical (unpaired) electrons. The lowest BCUT2D eigenvalue weighted by Crippen LogP contribution is -2.24.